The lowest BCUT2D eigenvalue weighted by molar-refractivity contribution is -0.119. The van der Waals surface area contributed by atoms with E-state index in [-0.39, 0.29) is 5.56 Å². The molecule has 0 radical (unpaired) electrons. The minimum atomic E-state index is -0.612. The van der Waals surface area contributed by atoms with Gasteiger partial charge in [-0.05, 0) is 26.0 Å². The molecule has 0 fully saturated rings. The van der Waals surface area contributed by atoms with E-state index in [4.69, 9.17) is 9.47 Å². The van der Waals surface area contributed by atoms with Gasteiger partial charge in [-0.2, -0.15) is 0 Å². The number of carbonyl (C=O) groups excluding carboxylic acids is 2. The molecule has 0 aliphatic heterocycles. The van der Waals surface area contributed by atoms with Crippen LogP contribution in [-0.4, -0.2) is 30.1 Å². The molecule has 144 valence electrons. The molecule has 2 aromatic carbocycles. The van der Waals surface area contributed by atoms with Crippen molar-refractivity contribution >= 4 is 28.3 Å². The van der Waals surface area contributed by atoms with Crippen molar-refractivity contribution in [3.63, 3.8) is 0 Å². The van der Waals surface area contributed by atoms with E-state index in [9.17, 15) is 9.59 Å². The van der Waals surface area contributed by atoms with Gasteiger partial charge in [0.05, 0.1) is 12.3 Å². The van der Waals surface area contributed by atoms with Crippen LogP contribution in [0.5, 0.6) is 5.75 Å². The van der Waals surface area contributed by atoms with Crippen molar-refractivity contribution < 1.29 is 19.1 Å². The van der Waals surface area contributed by atoms with Crippen LogP contribution in [0, 0.1) is 6.92 Å². The first kappa shape index (κ1) is 19.6. The predicted octanol–water partition coefficient (Wildman–Crippen LogP) is 4.31. The van der Waals surface area contributed by atoms with E-state index in [1.165, 1.54) is 16.9 Å². The van der Waals surface area contributed by atoms with E-state index in [1.54, 1.807) is 24.3 Å². The summed E-state index contributed by atoms with van der Waals surface area (Å²) in [5.41, 5.74) is 3.21. The summed E-state index contributed by atoms with van der Waals surface area (Å²) in [4.78, 5) is 28.7. The first-order valence-corrected chi connectivity index (χ1v) is 9.66. The van der Waals surface area contributed by atoms with Gasteiger partial charge in [0.25, 0.3) is 5.91 Å². The Balaban J connectivity index is 1.56. The number of aryl methyl sites for hydroxylation is 1. The van der Waals surface area contributed by atoms with E-state index < -0.39 is 18.5 Å². The maximum atomic E-state index is 12.2. The number of nitrogens with one attached hydrogen (secondary N) is 1. The summed E-state index contributed by atoms with van der Waals surface area (Å²) >= 11 is 1.31. The Morgan fingerprint density at radius 2 is 1.86 bits per heavy atom. The van der Waals surface area contributed by atoms with Crippen LogP contribution in [0.15, 0.2) is 53.9 Å². The molecule has 7 heteroatoms. The summed E-state index contributed by atoms with van der Waals surface area (Å²) in [5.74, 6) is -0.635. The first-order chi connectivity index (χ1) is 13.6. The van der Waals surface area contributed by atoms with Crippen LogP contribution in [0.2, 0.25) is 0 Å². The van der Waals surface area contributed by atoms with Gasteiger partial charge in [0.2, 0.25) is 0 Å². The minimum absolute atomic E-state index is 0.285. The summed E-state index contributed by atoms with van der Waals surface area (Å²) in [7, 11) is 0. The molecule has 0 aliphatic rings. The SMILES string of the molecule is CCOc1ccccc1C(=O)OCC(=O)Nc1nc(-c2ccc(C)cc2)cs1. The number of anilines is 1. The number of benzene rings is 2. The second kappa shape index (κ2) is 9.14. The lowest BCUT2D eigenvalue weighted by Crippen LogP contribution is -2.21. The molecule has 3 aromatic rings. The Kier molecular flexibility index (Phi) is 6.39. The lowest BCUT2D eigenvalue weighted by Gasteiger charge is -2.09. The van der Waals surface area contributed by atoms with E-state index in [1.807, 2.05) is 43.5 Å². The number of hydrogen-bond donors (Lipinski definition) is 1. The molecule has 0 spiro atoms. The third kappa shape index (κ3) is 4.95. The van der Waals surface area contributed by atoms with Gasteiger partial charge in [-0.15, -0.1) is 11.3 Å². The Morgan fingerprint density at radius 1 is 1.11 bits per heavy atom. The topological polar surface area (TPSA) is 77.5 Å². The number of hydrogen-bond acceptors (Lipinski definition) is 6. The molecular formula is C21H20N2O4S. The number of esters is 1. The Labute approximate surface area is 167 Å². The zero-order chi connectivity index (χ0) is 19.9. The summed E-state index contributed by atoms with van der Waals surface area (Å²) in [5, 5.41) is 4.97. The highest BCUT2D eigenvalue weighted by Crippen LogP contribution is 2.25. The Hall–Kier alpha value is -3.19. The van der Waals surface area contributed by atoms with Crippen LogP contribution >= 0.6 is 11.3 Å². The molecule has 1 heterocycles. The highest BCUT2D eigenvalue weighted by atomic mass is 32.1. The van der Waals surface area contributed by atoms with Gasteiger partial charge in [-0.3, -0.25) is 10.1 Å². The Morgan fingerprint density at radius 3 is 2.61 bits per heavy atom. The molecule has 0 unspecified atom stereocenters. The molecule has 0 saturated carbocycles. The molecule has 0 atom stereocenters. The molecule has 3 rings (SSSR count). The number of rotatable bonds is 7. The third-order valence-electron chi connectivity index (χ3n) is 3.84. The zero-order valence-electron chi connectivity index (χ0n) is 15.6. The molecular weight excluding hydrogens is 376 g/mol. The van der Waals surface area contributed by atoms with Crippen LogP contribution in [-0.2, 0) is 9.53 Å². The highest BCUT2D eigenvalue weighted by Gasteiger charge is 2.16. The highest BCUT2D eigenvalue weighted by molar-refractivity contribution is 7.14. The van der Waals surface area contributed by atoms with Crippen LogP contribution in [0.3, 0.4) is 0 Å². The van der Waals surface area contributed by atoms with Gasteiger partial charge in [0, 0.05) is 10.9 Å². The summed E-state index contributed by atoms with van der Waals surface area (Å²) in [6.07, 6.45) is 0. The summed E-state index contributed by atoms with van der Waals surface area (Å²) in [6.45, 7) is 3.87. The summed E-state index contributed by atoms with van der Waals surface area (Å²) in [6, 6.07) is 14.7. The second-order valence-corrected chi connectivity index (χ2v) is 6.82. The van der Waals surface area contributed by atoms with Crippen LogP contribution < -0.4 is 10.1 Å². The van der Waals surface area contributed by atoms with Gasteiger partial charge in [0.15, 0.2) is 11.7 Å². The van der Waals surface area contributed by atoms with Gasteiger partial charge < -0.3 is 9.47 Å². The zero-order valence-corrected chi connectivity index (χ0v) is 16.4. The molecule has 6 nitrogen and oxygen atoms in total. The molecule has 0 saturated heterocycles. The maximum absolute atomic E-state index is 12.2. The third-order valence-corrected chi connectivity index (χ3v) is 4.60. The molecule has 1 N–H and O–H groups in total. The molecule has 0 aliphatic carbocycles. The number of carbonyl (C=O) groups is 2. The van der Waals surface area contributed by atoms with E-state index in [0.29, 0.717) is 17.5 Å². The minimum Gasteiger partial charge on any atom is -0.493 e. The number of ether oxygens (including phenoxy) is 2. The average molecular weight is 396 g/mol. The van der Waals surface area contributed by atoms with E-state index in [0.717, 1.165) is 11.3 Å². The number of nitrogens with zero attached hydrogens (tertiary/aromatic N) is 1. The fourth-order valence-corrected chi connectivity index (χ4v) is 3.20. The Bertz CT molecular complexity index is 967. The largest absolute Gasteiger partial charge is 0.493 e. The van der Waals surface area contributed by atoms with Crippen LogP contribution in [0.25, 0.3) is 11.3 Å². The van der Waals surface area contributed by atoms with Crippen molar-refractivity contribution in [2.45, 2.75) is 13.8 Å². The van der Waals surface area contributed by atoms with Crippen molar-refractivity contribution in [3.05, 3.63) is 65.0 Å². The molecule has 1 amide bonds. The van der Waals surface area contributed by atoms with Crippen molar-refractivity contribution in [2.75, 3.05) is 18.5 Å². The fourth-order valence-electron chi connectivity index (χ4n) is 2.47. The monoisotopic (exact) mass is 396 g/mol. The number of para-hydroxylation sites is 1. The van der Waals surface area contributed by atoms with Crippen molar-refractivity contribution in [1.82, 2.24) is 4.98 Å². The first-order valence-electron chi connectivity index (χ1n) is 8.78. The average Bonchev–Trinajstić information content (AvgIpc) is 3.16. The van der Waals surface area contributed by atoms with E-state index >= 15 is 0 Å². The lowest BCUT2D eigenvalue weighted by atomic mass is 10.1. The number of aromatic nitrogens is 1. The van der Waals surface area contributed by atoms with Crippen molar-refractivity contribution in [1.29, 1.82) is 0 Å². The normalized spacial score (nSPS) is 10.4. The fraction of sp³-hybridized carbons (Fsp3) is 0.190. The van der Waals surface area contributed by atoms with Crippen molar-refractivity contribution in [2.24, 2.45) is 0 Å². The molecule has 28 heavy (non-hydrogen) atoms. The van der Waals surface area contributed by atoms with Crippen LogP contribution in [0.1, 0.15) is 22.8 Å². The summed E-state index contributed by atoms with van der Waals surface area (Å²) < 4.78 is 10.5. The standard InChI is InChI=1S/C21H20N2O4S/c1-3-26-18-7-5-4-6-16(18)20(25)27-12-19(24)23-21-22-17(13-28-21)15-10-8-14(2)9-11-15/h4-11,13H,3,12H2,1-2H3,(H,22,23,24). The number of thiazole rings is 1. The van der Waals surface area contributed by atoms with E-state index in [2.05, 4.69) is 10.3 Å². The van der Waals surface area contributed by atoms with Crippen LogP contribution in [0.4, 0.5) is 5.13 Å². The van der Waals surface area contributed by atoms with Crippen molar-refractivity contribution in [3.8, 4) is 17.0 Å². The van der Waals surface area contributed by atoms with Gasteiger partial charge in [-0.25, -0.2) is 9.78 Å². The van der Waals surface area contributed by atoms with Gasteiger partial charge in [0.1, 0.15) is 11.3 Å². The second-order valence-electron chi connectivity index (χ2n) is 5.96. The molecule has 1 aromatic heterocycles. The maximum Gasteiger partial charge on any atom is 0.342 e. The van der Waals surface area contributed by atoms with Gasteiger partial charge >= 0.3 is 5.97 Å². The quantitative estimate of drug-likeness (QED) is 0.602. The number of amides is 1. The smallest absolute Gasteiger partial charge is 0.342 e. The van der Waals surface area contributed by atoms with Gasteiger partial charge in [-0.1, -0.05) is 42.0 Å². The predicted molar refractivity (Wildman–Crippen MR) is 109 cm³/mol. The molecule has 0 bridgehead atoms.